The minimum absolute atomic E-state index is 0.0662. The summed E-state index contributed by atoms with van der Waals surface area (Å²) in [5.41, 5.74) is 0.575. The third-order valence-corrected chi connectivity index (χ3v) is 2.79. The Bertz CT molecular complexity index is 407. The van der Waals surface area contributed by atoms with Crippen molar-refractivity contribution in [3.05, 3.63) is 28.8 Å². The summed E-state index contributed by atoms with van der Waals surface area (Å²) in [6.45, 7) is 3.82. The van der Waals surface area contributed by atoms with Crippen LogP contribution in [0.15, 0.2) is 18.2 Å². The van der Waals surface area contributed by atoms with E-state index in [0.29, 0.717) is 10.7 Å². The van der Waals surface area contributed by atoms with Crippen LogP contribution in [-0.2, 0) is 0 Å². The number of halogens is 1. The molecule has 0 saturated heterocycles. The first-order chi connectivity index (χ1) is 7.95. The highest BCUT2D eigenvalue weighted by atomic mass is 35.5. The molecule has 0 fully saturated rings. The highest BCUT2D eigenvalue weighted by Crippen LogP contribution is 2.23. The standard InChI is InChI=1S/C12H16ClNO3/c1-7(2)11(6-15)14-10-5-8(13)3-4-9(10)12(16)17/h3-5,7,11,14-15H,6H2,1-2H3,(H,16,17). The van der Waals surface area contributed by atoms with Gasteiger partial charge in [-0.3, -0.25) is 0 Å². The van der Waals surface area contributed by atoms with Gasteiger partial charge in [-0.05, 0) is 24.1 Å². The van der Waals surface area contributed by atoms with Gasteiger partial charge in [-0.25, -0.2) is 4.79 Å². The summed E-state index contributed by atoms with van der Waals surface area (Å²) in [6.07, 6.45) is 0. The van der Waals surface area contributed by atoms with Gasteiger partial charge in [0.05, 0.1) is 23.9 Å². The first-order valence-electron chi connectivity index (χ1n) is 5.36. The van der Waals surface area contributed by atoms with Gasteiger partial charge >= 0.3 is 5.97 Å². The largest absolute Gasteiger partial charge is 0.478 e. The number of aliphatic hydroxyl groups is 1. The predicted molar refractivity (Wildman–Crippen MR) is 67.7 cm³/mol. The van der Waals surface area contributed by atoms with E-state index in [1.54, 1.807) is 6.07 Å². The first kappa shape index (κ1) is 13.8. The number of benzene rings is 1. The Morgan fingerprint density at radius 2 is 2.12 bits per heavy atom. The molecular weight excluding hydrogens is 242 g/mol. The Labute approximate surface area is 105 Å². The maximum atomic E-state index is 11.0. The molecule has 1 unspecified atom stereocenters. The zero-order valence-corrected chi connectivity index (χ0v) is 10.5. The van der Waals surface area contributed by atoms with E-state index >= 15 is 0 Å². The zero-order chi connectivity index (χ0) is 13.0. The van der Waals surface area contributed by atoms with Crippen LogP contribution in [0, 0.1) is 5.92 Å². The topological polar surface area (TPSA) is 69.6 Å². The lowest BCUT2D eigenvalue weighted by Gasteiger charge is -2.22. The van der Waals surface area contributed by atoms with Crippen molar-refractivity contribution in [1.29, 1.82) is 0 Å². The van der Waals surface area contributed by atoms with E-state index < -0.39 is 5.97 Å². The quantitative estimate of drug-likeness (QED) is 0.758. The summed E-state index contributed by atoms with van der Waals surface area (Å²) in [6, 6.07) is 4.32. The summed E-state index contributed by atoms with van der Waals surface area (Å²) >= 11 is 5.83. The minimum atomic E-state index is -1.02. The number of carbonyl (C=O) groups is 1. The molecule has 1 aromatic rings. The highest BCUT2D eigenvalue weighted by Gasteiger charge is 2.16. The Morgan fingerprint density at radius 1 is 1.47 bits per heavy atom. The van der Waals surface area contributed by atoms with E-state index in [0.717, 1.165) is 0 Å². The van der Waals surface area contributed by atoms with Crippen molar-refractivity contribution in [3.63, 3.8) is 0 Å². The lowest BCUT2D eigenvalue weighted by atomic mass is 10.0. The molecule has 0 amide bonds. The molecular formula is C12H16ClNO3. The van der Waals surface area contributed by atoms with E-state index in [-0.39, 0.29) is 24.1 Å². The number of hydrogen-bond acceptors (Lipinski definition) is 3. The highest BCUT2D eigenvalue weighted by molar-refractivity contribution is 6.31. The molecule has 0 aliphatic carbocycles. The number of rotatable bonds is 5. The van der Waals surface area contributed by atoms with E-state index in [2.05, 4.69) is 5.32 Å². The zero-order valence-electron chi connectivity index (χ0n) is 9.77. The first-order valence-corrected chi connectivity index (χ1v) is 5.73. The Hall–Kier alpha value is -1.26. The molecule has 0 spiro atoms. The van der Waals surface area contributed by atoms with Crippen molar-refractivity contribution in [2.24, 2.45) is 5.92 Å². The molecule has 0 aliphatic rings. The van der Waals surface area contributed by atoms with E-state index in [4.69, 9.17) is 16.7 Å². The van der Waals surface area contributed by atoms with Gasteiger partial charge in [0.15, 0.2) is 0 Å². The van der Waals surface area contributed by atoms with Crippen LogP contribution in [0.25, 0.3) is 0 Å². The summed E-state index contributed by atoms with van der Waals surface area (Å²) < 4.78 is 0. The predicted octanol–water partition coefficient (Wildman–Crippen LogP) is 2.47. The molecule has 0 saturated carbocycles. The van der Waals surface area contributed by atoms with Crippen LogP contribution in [0.3, 0.4) is 0 Å². The average Bonchev–Trinajstić information content (AvgIpc) is 2.25. The molecule has 1 rings (SSSR count). The van der Waals surface area contributed by atoms with Gasteiger partial charge in [0, 0.05) is 5.02 Å². The number of carboxylic acids is 1. The molecule has 3 N–H and O–H groups in total. The number of nitrogens with one attached hydrogen (secondary N) is 1. The van der Waals surface area contributed by atoms with E-state index in [9.17, 15) is 9.90 Å². The maximum absolute atomic E-state index is 11.0. The molecule has 4 nitrogen and oxygen atoms in total. The van der Waals surface area contributed by atoms with Crippen molar-refractivity contribution in [2.45, 2.75) is 19.9 Å². The molecule has 0 heterocycles. The van der Waals surface area contributed by atoms with Crippen LogP contribution in [0.1, 0.15) is 24.2 Å². The summed E-state index contributed by atoms with van der Waals surface area (Å²) in [5.74, 6) is -0.842. The number of hydrogen-bond donors (Lipinski definition) is 3. The van der Waals surface area contributed by atoms with Crippen molar-refractivity contribution in [3.8, 4) is 0 Å². The molecule has 1 atom stereocenters. The van der Waals surface area contributed by atoms with Crippen LogP contribution in [0.4, 0.5) is 5.69 Å². The maximum Gasteiger partial charge on any atom is 0.337 e. The van der Waals surface area contributed by atoms with Crippen LogP contribution in [-0.4, -0.2) is 28.8 Å². The second-order valence-electron chi connectivity index (χ2n) is 4.17. The van der Waals surface area contributed by atoms with Gasteiger partial charge in [-0.1, -0.05) is 25.4 Å². The fourth-order valence-corrected chi connectivity index (χ4v) is 1.62. The van der Waals surface area contributed by atoms with Gasteiger partial charge in [0.25, 0.3) is 0 Å². The fraction of sp³-hybridized carbons (Fsp3) is 0.417. The van der Waals surface area contributed by atoms with Crippen LogP contribution in [0.2, 0.25) is 5.02 Å². The van der Waals surface area contributed by atoms with E-state index in [1.165, 1.54) is 12.1 Å². The molecule has 5 heteroatoms. The summed E-state index contributed by atoms with van der Waals surface area (Å²) in [5, 5.41) is 21.7. The van der Waals surface area contributed by atoms with Gasteiger partial charge in [0.2, 0.25) is 0 Å². The van der Waals surface area contributed by atoms with Crippen LogP contribution < -0.4 is 5.32 Å². The number of carboxylic acid groups (broad SMARTS) is 1. The molecule has 0 aromatic heterocycles. The number of aliphatic hydroxyl groups excluding tert-OH is 1. The smallest absolute Gasteiger partial charge is 0.337 e. The van der Waals surface area contributed by atoms with Gasteiger partial charge in [-0.15, -0.1) is 0 Å². The third-order valence-electron chi connectivity index (χ3n) is 2.55. The summed E-state index contributed by atoms with van der Waals surface area (Å²) in [7, 11) is 0. The van der Waals surface area contributed by atoms with Crippen molar-refractivity contribution < 1.29 is 15.0 Å². The molecule has 94 valence electrons. The Balaban J connectivity index is 3.03. The number of anilines is 1. The molecule has 0 aliphatic heterocycles. The third kappa shape index (κ3) is 3.61. The Kier molecular flexibility index (Phi) is 4.78. The monoisotopic (exact) mass is 257 g/mol. The normalized spacial score (nSPS) is 12.5. The van der Waals surface area contributed by atoms with Gasteiger partial charge < -0.3 is 15.5 Å². The van der Waals surface area contributed by atoms with Crippen molar-refractivity contribution in [1.82, 2.24) is 0 Å². The van der Waals surface area contributed by atoms with Crippen LogP contribution in [0.5, 0.6) is 0 Å². The summed E-state index contributed by atoms with van der Waals surface area (Å²) in [4.78, 5) is 11.0. The number of aromatic carboxylic acids is 1. The second-order valence-corrected chi connectivity index (χ2v) is 4.61. The van der Waals surface area contributed by atoms with E-state index in [1.807, 2.05) is 13.8 Å². The second kappa shape index (κ2) is 5.89. The minimum Gasteiger partial charge on any atom is -0.478 e. The Morgan fingerprint density at radius 3 is 2.59 bits per heavy atom. The van der Waals surface area contributed by atoms with Crippen molar-refractivity contribution in [2.75, 3.05) is 11.9 Å². The molecule has 17 heavy (non-hydrogen) atoms. The van der Waals surface area contributed by atoms with Crippen LogP contribution >= 0.6 is 11.6 Å². The fourth-order valence-electron chi connectivity index (χ4n) is 1.45. The lowest BCUT2D eigenvalue weighted by molar-refractivity contribution is 0.0697. The lowest BCUT2D eigenvalue weighted by Crippen LogP contribution is -2.30. The van der Waals surface area contributed by atoms with Crippen molar-refractivity contribution >= 4 is 23.3 Å². The average molecular weight is 258 g/mol. The molecule has 0 radical (unpaired) electrons. The SMILES string of the molecule is CC(C)C(CO)Nc1cc(Cl)ccc1C(=O)O. The van der Waals surface area contributed by atoms with Gasteiger partial charge in [0.1, 0.15) is 0 Å². The van der Waals surface area contributed by atoms with Gasteiger partial charge in [-0.2, -0.15) is 0 Å². The molecule has 1 aromatic carbocycles. The molecule has 0 bridgehead atoms.